The number of hydrogen-bond acceptors (Lipinski definition) is 6. The molecule has 2 N–H and O–H groups in total. The Morgan fingerprint density at radius 3 is 2.63 bits per heavy atom. The molecule has 6 heteroatoms. The van der Waals surface area contributed by atoms with Crippen LogP contribution in [0.3, 0.4) is 0 Å². The van der Waals surface area contributed by atoms with Crippen LogP contribution in [0.15, 0.2) is 71.3 Å². The molecular formula is C21H15N5O. The molecule has 130 valence electrons. The van der Waals surface area contributed by atoms with Crippen LogP contribution in [0, 0.1) is 0 Å². The van der Waals surface area contributed by atoms with E-state index >= 15 is 0 Å². The molecule has 6 nitrogen and oxygen atoms in total. The van der Waals surface area contributed by atoms with Crippen LogP contribution in [0.4, 0.5) is 6.01 Å². The Hall–Kier alpha value is -3.80. The summed E-state index contributed by atoms with van der Waals surface area (Å²) in [6.07, 6.45) is 4.79. The topological polar surface area (TPSA) is 90.7 Å². The summed E-state index contributed by atoms with van der Waals surface area (Å²) in [6.45, 7) is 0. The van der Waals surface area contributed by atoms with Gasteiger partial charge in [0.05, 0.1) is 5.69 Å². The zero-order valence-corrected chi connectivity index (χ0v) is 14.3. The van der Waals surface area contributed by atoms with Gasteiger partial charge >= 0.3 is 6.01 Å². The number of benzene rings is 2. The summed E-state index contributed by atoms with van der Waals surface area (Å²) in [6, 6.07) is 18.1. The number of rotatable bonds is 3. The van der Waals surface area contributed by atoms with E-state index in [0.29, 0.717) is 11.7 Å². The van der Waals surface area contributed by atoms with Crippen molar-refractivity contribution in [3.8, 4) is 22.7 Å². The molecule has 27 heavy (non-hydrogen) atoms. The lowest BCUT2D eigenvalue weighted by Crippen LogP contribution is -1.97. The predicted octanol–water partition coefficient (Wildman–Crippen LogP) is 3.76. The molecule has 0 bridgehead atoms. The van der Waals surface area contributed by atoms with Crippen molar-refractivity contribution in [3.63, 3.8) is 0 Å². The van der Waals surface area contributed by atoms with Gasteiger partial charge in [-0.1, -0.05) is 47.6 Å². The van der Waals surface area contributed by atoms with Gasteiger partial charge in [0, 0.05) is 22.9 Å². The first kappa shape index (κ1) is 15.5. The van der Waals surface area contributed by atoms with E-state index in [1.165, 1.54) is 5.56 Å². The van der Waals surface area contributed by atoms with E-state index in [9.17, 15) is 0 Å². The lowest BCUT2D eigenvalue weighted by Gasteiger charge is -2.08. The number of nitrogen functional groups attached to an aromatic ring is 1. The minimum absolute atomic E-state index is 0.0557. The van der Waals surface area contributed by atoms with Gasteiger partial charge in [-0.2, -0.15) is 0 Å². The van der Waals surface area contributed by atoms with E-state index in [0.717, 1.165) is 34.4 Å². The molecule has 2 aromatic carbocycles. The molecule has 4 aromatic rings. The quantitative estimate of drug-likeness (QED) is 0.603. The van der Waals surface area contributed by atoms with Gasteiger partial charge in [0.15, 0.2) is 5.82 Å². The maximum absolute atomic E-state index is 5.55. The Balaban J connectivity index is 1.56. The van der Waals surface area contributed by atoms with Crippen molar-refractivity contribution in [2.45, 2.75) is 6.42 Å². The molecule has 2 aromatic heterocycles. The predicted molar refractivity (Wildman–Crippen MR) is 102 cm³/mol. The fourth-order valence-corrected chi connectivity index (χ4v) is 3.28. The summed E-state index contributed by atoms with van der Waals surface area (Å²) in [5.74, 6) is 1.11. The number of anilines is 1. The summed E-state index contributed by atoms with van der Waals surface area (Å²) in [7, 11) is 0. The van der Waals surface area contributed by atoms with Crippen LogP contribution in [0.25, 0.3) is 28.3 Å². The van der Waals surface area contributed by atoms with Crippen molar-refractivity contribution in [1.29, 1.82) is 0 Å². The van der Waals surface area contributed by atoms with E-state index in [1.54, 1.807) is 6.20 Å². The number of aromatic nitrogens is 4. The second-order valence-corrected chi connectivity index (χ2v) is 6.27. The largest absolute Gasteiger partial charge is 0.404 e. The summed E-state index contributed by atoms with van der Waals surface area (Å²) in [5, 5.41) is 7.70. The van der Waals surface area contributed by atoms with Gasteiger partial charge in [-0.25, -0.2) is 9.97 Å². The van der Waals surface area contributed by atoms with Gasteiger partial charge in [0.1, 0.15) is 0 Å². The summed E-state index contributed by atoms with van der Waals surface area (Å²) < 4.78 is 5.35. The van der Waals surface area contributed by atoms with Gasteiger partial charge in [-0.15, -0.1) is 5.10 Å². The van der Waals surface area contributed by atoms with Crippen LogP contribution in [-0.2, 0) is 6.42 Å². The summed E-state index contributed by atoms with van der Waals surface area (Å²) in [4.78, 5) is 9.28. The molecule has 0 fully saturated rings. The average molecular weight is 353 g/mol. The molecule has 0 amide bonds. The molecule has 0 radical (unpaired) electrons. The van der Waals surface area contributed by atoms with Gasteiger partial charge in [0.2, 0.25) is 5.89 Å². The van der Waals surface area contributed by atoms with Crippen LogP contribution >= 0.6 is 0 Å². The molecule has 5 rings (SSSR count). The van der Waals surface area contributed by atoms with Crippen molar-refractivity contribution < 1.29 is 4.42 Å². The van der Waals surface area contributed by atoms with Crippen molar-refractivity contribution in [2.24, 2.45) is 0 Å². The first-order valence-corrected chi connectivity index (χ1v) is 8.59. The lowest BCUT2D eigenvalue weighted by atomic mass is 10.0. The van der Waals surface area contributed by atoms with Gasteiger partial charge in [-0.05, 0) is 35.7 Å². The standard InChI is InChI=1S/C21H15N5O/c22-21-26-25-20(27-21)15-7-6-13-8-9-16(17(13)12-15)19-23-11-10-18(24-19)14-4-2-1-3-5-14/h1-7,9-12H,8H2,(H2,22,26). The first-order valence-electron chi connectivity index (χ1n) is 8.59. The minimum Gasteiger partial charge on any atom is -0.404 e. The Bertz CT molecular complexity index is 1160. The van der Waals surface area contributed by atoms with Gasteiger partial charge in [0.25, 0.3) is 0 Å². The van der Waals surface area contributed by atoms with E-state index in [4.69, 9.17) is 15.1 Å². The molecule has 0 spiro atoms. The maximum atomic E-state index is 5.55. The van der Waals surface area contributed by atoms with Crippen LogP contribution in [-0.4, -0.2) is 20.2 Å². The minimum atomic E-state index is 0.0557. The Kier molecular flexibility index (Phi) is 3.53. The van der Waals surface area contributed by atoms with Crippen molar-refractivity contribution in [1.82, 2.24) is 20.2 Å². The number of nitrogens with zero attached hydrogens (tertiary/aromatic N) is 4. The SMILES string of the molecule is Nc1nnc(-c2ccc3c(c2)C(c2nccc(-c4ccccc4)n2)=CC3)o1. The molecule has 0 saturated carbocycles. The Morgan fingerprint density at radius 1 is 0.926 bits per heavy atom. The maximum Gasteiger partial charge on any atom is 0.313 e. The van der Waals surface area contributed by atoms with Crippen LogP contribution < -0.4 is 5.73 Å². The van der Waals surface area contributed by atoms with Crippen molar-refractivity contribution >= 4 is 11.6 Å². The van der Waals surface area contributed by atoms with E-state index < -0.39 is 0 Å². The molecule has 1 aliphatic carbocycles. The average Bonchev–Trinajstić information content (AvgIpc) is 3.34. The fraction of sp³-hybridized carbons (Fsp3) is 0.0476. The summed E-state index contributed by atoms with van der Waals surface area (Å²) in [5.41, 5.74) is 11.6. The lowest BCUT2D eigenvalue weighted by molar-refractivity contribution is 0.590. The van der Waals surface area contributed by atoms with Crippen LogP contribution in [0.2, 0.25) is 0 Å². The zero-order valence-electron chi connectivity index (χ0n) is 14.3. The molecule has 0 saturated heterocycles. The zero-order chi connectivity index (χ0) is 18.2. The normalized spacial score (nSPS) is 12.7. The third-order valence-corrected chi connectivity index (χ3v) is 4.58. The Morgan fingerprint density at radius 2 is 1.81 bits per heavy atom. The van der Waals surface area contributed by atoms with E-state index in [1.807, 2.05) is 48.5 Å². The van der Waals surface area contributed by atoms with E-state index in [-0.39, 0.29) is 6.01 Å². The molecule has 1 aliphatic rings. The fourth-order valence-electron chi connectivity index (χ4n) is 3.28. The van der Waals surface area contributed by atoms with Gasteiger partial charge < -0.3 is 10.2 Å². The molecular weight excluding hydrogens is 338 g/mol. The third kappa shape index (κ3) is 2.77. The first-order chi connectivity index (χ1) is 13.3. The Labute approximate surface area is 155 Å². The molecule has 0 atom stereocenters. The highest BCUT2D eigenvalue weighted by molar-refractivity contribution is 5.84. The highest BCUT2D eigenvalue weighted by Crippen LogP contribution is 2.34. The number of allylic oxidation sites excluding steroid dienone is 1. The third-order valence-electron chi connectivity index (χ3n) is 4.58. The monoisotopic (exact) mass is 353 g/mol. The van der Waals surface area contributed by atoms with Crippen LogP contribution in [0.5, 0.6) is 0 Å². The second kappa shape index (κ2) is 6.17. The highest BCUT2D eigenvalue weighted by Gasteiger charge is 2.20. The van der Waals surface area contributed by atoms with E-state index in [2.05, 4.69) is 27.3 Å². The molecule has 0 unspecified atom stereocenters. The molecule has 2 heterocycles. The second-order valence-electron chi connectivity index (χ2n) is 6.27. The van der Waals surface area contributed by atoms with Crippen molar-refractivity contribution in [2.75, 3.05) is 5.73 Å². The van der Waals surface area contributed by atoms with Crippen LogP contribution in [0.1, 0.15) is 17.0 Å². The summed E-state index contributed by atoms with van der Waals surface area (Å²) >= 11 is 0. The number of hydrogen-bond donors (Lipinski definition) is 1. The van der Waals surface area contributed by atoms with Gasteiger partial charge in [-0.3, -0.25) is 0 Å². The smallest absolute Gasteiger partial charge is 0.313 e. The number of fused-ring (bicyclic) bond motifs is 1. The number of nitrogens with two attached hydrogens (primary N) is 1. The molecule has 0 aliphatic heterocycles. The highest BCUT2D eigenvalue weighted by atomic mass is 16.4. The van der Waals surface area contributed by atoms with Crippen molar-refractivity contribution in [3.05, 3.63) is 83.8 Å².